The van der Waals surface area contributed by atoms with Gasteiger partial charge in [-0.2, -0.15) is 0 Å². The molecule has 1 atom stereocenters. The number of carbonyl (C=O) groups is 2. The summed E-state index contributed by atoms with van der Waals surface area (Å²) in [6, 6.07) is 14.8. The van der Waals surface area contributed by atoms with E-state index in [2.05, 4.69) is 4.98 Å². The van der Waals surface area contributed by atoms with E-state index < -0.39 is 17.7 Å². The van der Waals surface area contributed by atoms with Crippen LogP contribution in [0.4, 0.5) is 5.69 Å². The number of aryl methyl sites for hydroxylation is 2. The number of nitrogens with zero attached hydrogens (tertiary/aromatic N) is 2. The first-order chi connectivity index (χ1) is 15.9. The molecular formula is C26H24N2O5. The van der Waals surface area contributed by atoms with E-state index in [1.54, 1.807) is 42.6 Å². The number of benzene rings is 2. The molecule has 0 spiro atoms. The minimum atomic E-state index is -0.888. The maximum Gasteiger partial charge on any atom is 0.300 e. The summed E-state index contributed by atoms with van der Waals surface area (Å²) < 4.78 is 10.6. The average Bonchev–Trinajstić information content (AvgIpc) is 3.09. The predicted octanol–water partition coefficient (Wildman–Crippen LogP) is 4.34. The Labute approximate surface area is 191 Å². The molecular weight excluding hydrogens is 420 g/mol. The Bertz CT molecular complexity index is 1270. The molecule has 1 fully saturated rings. The third kappa shape index (κ3) is 3.82. The number of aliphatic hydroxyl groups excluding tert-OH is 1. The van der Waals surface area contributed by atoms with Crippen molar-refractivity contribution in [1.82, 2.24) is 4.98 Å². The number of anilines is 1. The summed E-state index contributed by atoms with van der Waals surface area (Å²) >= 11 is 0. The van der Waals surface area contributed by atoms with Gasteiger partial charge in [0.1, 0.15) is 11.8 Å². The van der Waals surface area contributed by atoms with Crippen LogP contribution in [0.1, 0.15) is 28.4 Å². The van der Waals surface area contributed by atoms with E-state index in [1.165, 1.54) is 19.1 Å². The fourth-order valence-electron chi connectivity index (χ4n) is 4.11. The molecule has 1 unspecified atom stereocenters. The van der Waals surface area contributed by atoms with Gasteiger partial charge in [-0.1, -0.05) is 23.8 Å². The molecule has 0 bridgehead atoms. The third-order valence-corrected chi connectivity index (χ3v) is 5.68. The first kappa shape index (κ1) is 22.1. The Hall–Kier alpha value is -4.13. The molecule has 2 aromatic carbocycles. The maximum absolute atomic E-state index is 13.3. The fourth-order valence-corrected chi connectivity index (χ4v) is 4.11. The van der Waals surface area contributed by atoms with Gasteiger partial charge in [0.15, 0.2) is 11.5 Å². The van der Waals surface area contributed by atoms with Gasteiger partial charge in [-0.3, -0.25) is 19.5 Å². The normalized spacial score (nSPS) is 17.3. The Morgan fingerprint density at radius 3 is 2.36 bits per heavy atom. The molecule has 3 aromatic rings. The highest BCUT2D eigenvalue weighted by Crippen LogP contribution is 2.43. The lowest BCUT2D eigenvalue weighted by atomic mass is 9.97. The largest absolute Gasteiger partial charge is 0.507 e. The lowest BCUT2D eigenvalue weighted by Gasteiger charge is -2.26. The van der Waals surface area contributed by atoms with Crippen LogP contribution in [-0.4, -0.2) is 36.0 Å². The monoisotopic (exact) mass is 444 g/mol. The van der Waals surface area contributed by atoms with Crippen molar-refractivity contribution in [3.8, 4) is 11.5 Å². The van der Waals surface area contributed by atoms with Gasteiger partial charge in [0, 0.05) is 17.4 Å². The SMILES string of the molecule is COc1ccc(/C(O)=C2\C(=O)C(=O)N(c3ccc(C)cc3C)C2c2ccccn2)cc1OC. The van der Waals surface area contributed by atoms with Gasteiger partial charge in [0.2, 0.25) is 0 Å². The van der Waals surface area contributed by atoms with Crippen LogP contribution in [0.15, 0.2) is 66.4 Å². The third-order valence-electron chi connectivity index (χ3n) is 5.68. The molecule has 1 N–H and O–H groups in total. The standard InChI is InChI=1S/C26H24N2O5/c1-15-8-10-19(16(2)13-15)28-23(18-7-5-6-12-27-18)22(25(30)26(28)31)24(29)17-9-11-20(32-3)21(14-17)33-4/h5-14,23,29H,1-4H3/b24-22+. The number of hydrogen-bond donors (Lipinski definition) is 1. The summed E-state index contributed by atoms with van der Waals surface area (Å²) in [6.45, 7) is 3.84. The van der Waals surface area contributed by atoms with Crippen molar-refractivity contribution in [2.45, 2.75) is 19.9 Å². The van der Waals surface area contributed by atoms with Crippen LogP contribution in [0, 0.1) is 13.8 Å². The van der Waals surface area contributed by atoms with Crippen LogP contribution in [0.25, 0.3) is 5.76 Å². The van der Waals surface area contributed by atoms with Crippen molar-refractivity contribution in [2.24, 2.45) is 0 Å². The van der Waals surface area contributed by atoms with E-state index >= 15 is 0 Å². The molecule has 4 rings (SSSR count). The molecule has 0 aliphatic carbocycles. The van der Waals surface area contributed by atoms with E-state index in [0.717, 1.165) is 11.1 Å². The summed E-state index contributed by atoms with van der Waals surface area (Å²) in [5.41, 5.74) is 3.22. The smallest absolute Gasteiger partial charge is 0.300 e. The molecule has 1 aromatic heterocycles. The first-order valence-electron chi connectivity index (χ1n) is 10.4. The average molecular weight is 444 g/mol. The number of carbonyl (C=O) groups excluding carboxylic acids is 2. The van der Waals surface area contributed by atoms with Crippen molar-refractivity contribution in [1.29, 1.82) is 0 Å². The number of aliphatic hydroxyl groups is 1. The maximum atomic E-state index is 13.3. The number of rotatable bonds is 5. The second-order valence-electron chi connectivity index (χ2n) is 7.78. The van der Waals surface area contributed by atoms with Crippen LogP contribution < -0.4 is 14.4 Å². The first-order valence-corrected chi connectivity index (χ1v) is 10.4. The van der Waals surface area contributed by atoms with Gasteiger partial charge >= 0.3 is 0 Å². The molecule has 1 amide bonds. The Kier molecular flexibility index (Phi) is 5.87. The molecule has 1 aliphatic rings. The van der Waals surface area contributed by atoms with Crippen LogP contribution in [-0.2, 0) is 9.59 Å². The van der Waals surface area contributed by atoms with Crippen molar-refractivity contribution >= 4 is 23.1 Å². The summed E-state index contributed by atoms with van der Waals surface area (Å²) in [5, 5.41) is 11.3. The molecule has 7 heteroatoms. The minimum Gasteiger partial charge on any atom is -0.507 e. The molecule has 168 valence electrons. The number of hydrogen-bond acceptors (Lipinski definition) is 6. The van der Waals surface area contributed by atoms with Crippen LogP contribution in [0.3, 0.4) is 0 Å². The van der Waals surface area contributed by atoms with E-state index in [9.17, 15) is 14.7 Å². The summed E-state index contributed by atoms with van der Waals surface area (Å²) in [7, 11) is 2.99. The topological polar surface area (TPSA) is 89.0 Å². The zero-order valence-electron chi connectivity index (χ0n) is 18.8. The van der Waals surface area contributed by atoms with E-state index in [4.69, 9.17) is 9.47 Å². The summed E-state index contributed by atoms with van der Waals surface area (Å²) in [4.78, 5) is 32.3. The highest BCUT2D eigenvalue weighted by molar-refractivity contribution is 6.51. The highest BCUT2D eigenvalue weighted by Gasteiger charge is 2.48. The number of aromatic nitrogens is 1. The Morgan fingerprint density at radius 1 is 0.970 bits per heavy atom. The van der Waals surface area contributed by atoms with Crippen LogP contribution in [0.5, 0.6) is 11.5 Å². The van der Waals surface area contributed by atoms with Crippen molar-refractivity contribution in [3.63, 3.8) is 0 Å². The molecule has 1 aliphatic heterocycles. The van der Waals surface area contributed by atoms with E-state index in [-0.39, 0.29) is 11.3 Å². The number of ether oxygens (including phenoxy) is 2. The van der Waals surface area contributed by atoms with E-state index in [0.29, 0.717) is 28.4 Å². The molecule has 7 nitrogen and oxygen atoms in total. The zero-order chi connectivity index (χ0) is 23.7. The van der Waals surface area contributed by atoms with Crippen molar-refractivity contribution < 1.29 is 24.2 Å². The zero-order valence-corrected chi connectivity index (χ0v) is 18.8. The minimum absolute atomic E-state index is 0.0362. The van der Waals surface area contributed by atoms with Crippen LogP contribution in [0.2, 0.25) is 0 Å². The lowest BCUT2D eigenvalue weighted by molar-refractivity contribution is -0.132. The van der Waals surface area contributed by atoms with Gasteiger partial charge in [0.05, 0.1) is 25.5 Å². The summed E-state index contributed by atoms with van der Waals surface area (Å²) in [5.74, 6) is -0.944. The van der Waals surface area contributed by atoms with E-state index in [1.807, 2.05) is 32.0 Å². The molecule has 1 saturated heterocycles. The lowest BCUT2D eigenvalue weighted by Crippen LogP contribution is -2.30. The number of Topliss-reactive ketones (excluding diaryl/α,β-unsaturated/α-hetero) is 1. The molecule has 0 saturated carbocycles. The highest BCUT2D eigenvalue weighted by atomic mass is 16.5. The van der Waals surface area contributed by atoms with Gasteiger partial charge < -0.3 is 14.6 Å². The van der Waals surface area contributed by atoms with Gasteiger partial charge in [-0.05, 0) is 55.8 Å². The van der Waals surface area contributed by atoms with Crippen LogP contribution >= 0.6 is 0 Å². The molecule has 0 radical (unpaired) electrons. The van der Waals surface area contributed by atoms with Crippen molar-refractivity contribution in [3.05, 3.63) is 88.8 Å². The Balaban J connectivity index is 1.95. The van der Waals surface area contributed by atoms with Crippen molar-refractivity contribution in [2.75, 3.05) is 19.1 Å². The quantitative estimate of drug-likeness (QED) is 0.358. The second-order valence-corrected chi connectivity index (χ2v) is 7.78. The number of amides is 1. The number of methoxy groups -OCH3 is 2. The predicted molar refractivity (Wildman–Crippen MR) is 124 cm³/mol. The fraction of sp³-hybridized carbons (Fsp3) is 0.192. The second kappa shape index (κ2) is 8.78. The Morgan fingerprint density at radius 2 is 1.73 bits per heavy atom. The molecule has 2 heterocycles. The van der Waals surface area contributed by atoms with Gasteiger partial charge in [0.25, 0.3) is 11.7 Å². The number of pyridine rings is 1. The molecule has 33 heavy (non-hydrogen) atoms. The van der Waals surface area contributed by atoms with Gasteiger partial charge in [-0.15, -0.1) is 0 Å². The van der Waals surface area contributed by atoms with Gasteiger partial charge in [-0.25, -0.2) is 0 Å². The number of ketones is 1. The summed E-state index contributed by atoms with van der Waals surface area (Å²) in [6.07, 6.45) is 1.59.